The minimum absolute atomic E-state index is 0.127. The molecule has 0 saturated carbocycles. The van der Waals surface area contributed by atoms with Crippen LogP contribution in [0.2, 0.25) is 0 Å². The first-order valence-corrected chi connectivity index (χ1v) is 8.05. The molecule has 22 heavy (non-hydrogen) atoms. The number of hydrogen-bond acceptors (Lipinski definition) is 3. The van der Waals surface area contributed by atoms with Crippen LogP contribution in [0.25, 0.3) is 0 Å². The zero-order valence-electron chi connectivity index (χ0n) is 12.6. The third-order valence-electron chi connectivity index (χ3n) is 3.35. The molecule has 4 nitrogen and oxygen atoms in total. The fourth-order valence-electron chi connectivity index (χ4n) is 2.08. The molecule has 2 aromatic rings. The number of primary amides is 1. The Hall–Kier alpha value is -2.27. The van der Waals surface area contributed by atoms with Crippen LogP contribution in [-0.2, 0) is 6.54 Å². The Morgan fingerprint density at radius 3 is 2.64 bits per heavy atom. The zero-order chi connectivity index (χ0) is 16.1. The number of hydrogen-bond donors (Lipinski definition) is 2. The molecule has 114 valence electrons. The lowest BCUT2D eigenvalue weighted by Gasteiger charge is -2.09. The highest BCUT2D eigenvalue weighted by Gasteiger charge is 2.10. The molecule has 0 fully saturated rings. The predicted molar refractivity (Wildman–Crippen MR) is 89.1 cm³/mol. The van der Waals surface area contributed by atoms with E-state index in [9.17, 15) is 9.59 Å². The van der Waals surface area contributed by atoms with Gasteiger partial charge in [-0.25, -0.2) is 0 Å². The van der Waals surface area contributed by atoms with Crippen LogP contribution in [0.5, 0.6) is 0 Å². The van der Waals surface area contributed by atoms with Gasteiger partial charge in [0.2, 0.25) is 5.91 Å². The first kappa shape index (κ1) is 16.1. The van der Waals surface area contributed by atoms with E-state index in [1.54, 1.807) is 30.0 Å². The fraction of sp³-hybridized carbons (Fsp3) is 0.176. The van der Waals surface area contributed by atoms with E-state index in [0.29, 0.717) is 17.7 Å². The quantitative estimate of drug-likeness (QED) is 0.834. The van der Waals surface area contributed by atoms with E-state index in [4.69, 9.17) is 5.73 Å². The summed E-state index contributed by atoms with van der Waals surface area (Å²) in [7, 11) is 0. The van der Waals surface area contributed by atoms with Gasteiger partial charge in [0.15, 0.2) is 0 Å². The minimum atomic E-state index is -0.475. The lowest BCUT2D eigenvalue weighted by molar-refractivity contribution is 0.0949. The Morgan fingerprint density at radius 2 is 1.95 bits per heavy atom. The number of carbonyl (C=O) groups is 2. The molecule has 0 saturated heterocycles. The average molecular weight is 314 g/mol. The van der Waals surface area contributed by atoms with Crippen LogP contribution >= 0.6 is 11.8 Å². The highest BCUT2D eigenvalue weighted by atomic mass is 32.2. The molecule has 0 radical (unpaired) electrons. The first-order chi connectivity index (χ1) is 10.5. The van der Waals surface area contributed by atoms with Gasteiger partial charge in [-0.3, -0.25) is 9.59 Å². The summed E-state index contributed by atoms with van der Waals surface area (Å²) >= 11 is 1.60. The van der Waals surface area contributed by atoms with Crippen molar-refractivity contribution in [3.8, 4) is 0 Å². The van der Waals surface area contributed by atoms with Crippen molar-refractivity contribution in [1.82, 2.24) is 5.32 Å². The van der Waals surface area contributed by atoms with E-state index in [-0.39, 0.29) is 5.91 Å². The maximum absolute atomic E-state index is 12.3. The number of amides is 2. The average Bonchev–Trinajstić information content (AvgIpc) is 2.53. The number of aryl methyl sites for hydroxylation is 1. The van der Waals surface area contributed by atoms with Crippen molar-refractivity contribution < 1.29 is 9.59 Å². The molecule has 0 aliphatic rings. The molecule has 3 N–H and O–H groups in total. The minimum Gasteiger partial charge on any atom is -0.366 e. The Labute approximate surface area is 134 Å². The van der Waals surface area contributed by atoms with Crippen LogP contribution in [-0.4, -0.2) is 18.1 Å². The molecule has 2 amide bonds. The van der Waals surface area contributed by atoms with Gasteiger partial charge < -0.3 is 11.1 Å². The second kappa shape index (κ2) is 7.13. The van der Waals surface area contributed by atoms with Gasteiger partial charge in [0.1, 0.15) is 0 Å². The summed E-state index contributed by atoms with van der Waals surface area (Å²) in [6, 6.07) is 12.8. The highest BCUT2D eigenvalue weighted by Crippen LogP contribution is 2.19. The van der Waals surface area contributed by atoms with Crippen LogP contribution in [0.3, 0.4) is 0 Å². The highest BCUT2D eigenvalue weighted by molar-refractivity contribution is 7.98. The van der Waals surface area contributed by atoms with E-state index >= 15 is 0 Å². The largest absolute Gasteiger partial charge is 0.366 e. The van der Waals surface area contributed by atoms with Gasteiger partial charge in [-0.1, -0.05) is 18.2 Å². The second-order valence-electron chi connectivity index (χ2n) is 4.93. The molecule has 0 spiro atoms. The summed E-state index contributed by atoms with van der Waals surface area (Å²) in [5.74, 6) is -0.602. The molecule has 0 aromatic heterocycles. The summed E-state index contributed by atoms with van der Waals surface area (Å²) in [5, 5.41) is 2.87. The Morgan fingerprint density at radius 1 is 1.18 bits per heavy atom. The summed E-state index contributed by atoms with van der Waals surface area (Å²) in [5.41, 5.74) is 8.12. The van der Waals surface area contributed by atoms with Crippen LogP contribution < -0.4 is 11.1 Å². The molecule has 0 atom stereocenters. The SMILES string of the molecule is CSc1ccc(C)c(C(=O)NCc2cccc(C(N)=O)c2)c1. The summed E-state index contributed by atoms with van der Waals surface area (Å²) in [6.45, 7) is 2.26. The van der Waals surface area contributed by atoms with Gasteiger partial charge in [0, 0.05) is 22.6 Å². The van der Waals surface area contributed by atoms with Gasteiger partial charge in [-0.15, -0.1) is 11.8 Å². The van der Waals surface area contributed by atoms with Gasteiger partial charge in [-0.05, 0) is 48.6 Å². The van der Waals surface area contributed by atoms with Crippen molar-refractivity contribution >= 4 is 23.6 Å². The zero-order valence-corrected chi connectivity index (χ0v) is 13.4. The lowest BCUT2D eigenvalue weighted by atomic mass is 10.1. The van der Waals surface area contributed by atoms with Gasteiger partial charge in [0.25, 0.3) is 5.91 Å². The molecule has 2 rings (SSSR count). The van der Waals surface area contributed by atoms with Gasteiger partial charge in [0.05, 0.1) is 0 Å². The maximum atomic E-state index is 12.3. The van der Waals surface area contributed by atoms with Gasteiger partial charge in [-0.2, -0.15) is 0 Å². The van der Waals surface area contributed by atoms with Crippen LogP contribution in [0.15, 0.2) is 47.4 Å². The molecular formula is C17H18N2O2S. The molecule has 0 aliphatic heterocycles. The van der Waals surface area contributed by atoms with Crippen LogP contribution in [0.1, 0.15) is 31.8 Å². The summed E-state index contributed by atoms with van der Waals surface area (Å²) in [4.78, 5) is 24.5. The van der Waals surface area contributed by atoms with E-state index in [2.05, 4.69) is 5.32 Å². The van der Waals surface area contributed by atoms with Crippen molar-refractivity contribution in [2.75, 3.05) is 6.26 Å². The monoisotopic (exact) mass is 314 g/mol. The number of carbonyl (C=O) groups excluding carboxylic acids is 2. The predicted octanol–water partition coefficient (Wildman–Crippen LogP) is 2.75. The van der Waals surface area contributed by atoms with Crippen LogP contribution in [0.4, 0.5) is 0 Å². The summed E-state index contributed by atoms with van der Waals surface area (Å²) in [6.07, 6.45) is 1.97. The number of rotatable bonds is 5. The third-order valence-corrected chi connectivity index (χ3v) is 4.08. The van der Waals surface area contributed by atoms with Crippen LogP contribution in [0, 0.1) is 6.92 Å². The second-order valence-corrected chi connectivity index (χ2v) is 5.81. The molecule has 2 aromatic carbocycles. The van der Waals surface area contributed by atoms with Crippen molar-refractivity contribution in [2.24, 2.45) is 5.73 Å². The van der Waals surface area contributed by atoms with E-state index in [1.165, 1.54) is 0 Å². The van der Waals surface area contributed by atoms with Crippen molar-refractivity contribution in [3.05, 3.63) is 64.7 Å². The van der Waals surface area contributed by atoms with Crippen molar-refractivity contribution in [1.29, 1.82) is 0 Å². The Kier molecular flexibility index (Phi) is 5.22. The maximum Gasteiger partial charge on any atom is 0.251 e. The van der Waals surface area contributed by atoms with E-state index < -0.39 is 5.91 Å². The standard InChI is InChI=1S/C17H18N2O2S/c1-11-6-7-14(22-2)9-15(11)17(21)19-10-12-4-3-5-13(8-12)16(18)20/h3-9H,10H2,1-2H3,(H2,18,20)(H,19,21). The van der Waals surface area contributed by atoms with E-state index in [0.717, 1.165) is 16.0 Å². The van der Waals surface area contributed by atoms with Crippen molar-refractivity contribution in [3.63, 3.8) is 0 Å². The molecule has 0 unspecified atom stereocenters. The first-order valence-electron chi connectivity index (χ1n) is 6.83. The van der Waals surface area contributed by atoms with Crippen molar-refractivity contribution in [2.45, 2.75) is 18.4 Å². The van der Waals surface area contributed by atoms with E-state index in [1.807, 2.05) is 37.4 Å². The molecule has 5 heteroatoms. The Balaban J connectivity index is 2.10. The lowest BCUT2D eigenvalue weighted by Crippen LogP contribution is -2.24. The molecule has 0 heterocycles. The molecular weight excluding hydrogens is 296 g/mol. The normalized spacial score (nSPS) is 10.3. The fourth-order valence-corrected chi connectivity index (χ4v) is 2.52. The number of benzene rings is 2. The number of thioether (sulfide) groups is 1. The topological polar surface area (TPSA) is 72.2 Å². The molecule has 0 bridgehead atoms. The van der Waals surface area contributed by atoms with Gasteiger partial charge >= 0.3 is 0 Å². The number of nitrogens with one attached hydrogen (secondary N) is 1. The smallest absolute Gasteiger partial charge is 0.251 e. The number of nitrogens with two attached hydrogens (primary N) is 1. The Bertz CT molecular complexity index is 714. The molecule has 0 aliphatic carbocycles. The summed E-state index contributed by atoms with van der Waals surface area (Å²) < 4.78 is 0. The third kappa shape index (κ3) is 3.89.